The first kappa shape index (κ1) is 14.2. The lowest BCUT2D eigenvalue weighted by molar-refractivity contribution is -0.133. The minimum atomic E-state index is -0.144. The van der Waals surface area contributed by atoms with Gasteiger partial charge in [0.25, 0.3) is 5.91 Å². The van der Waals surface area contributed by atoms with Crippen LogP contribution in [0.1, 0.15) is 36.2 Å². The highest BCUT2D eigenvalue weighted by Gasteiger charge is 2.35. The van der Waals surface area contributed by atoms with E-state index < -0.39 is 0 Å². The summed E-state index contributed by atoms with van der Waals surface area (Å²) in [5.74, 6) is 0.430. The number of aromatic amines is 1. The number of fused-ring (bicyclic) bond motifs is 1. The van der Waals surface area contributed by atoms with Gasteiger partial charge in [0.1, 0.15) is 0 Å². The minimum Gasteiger partial charge on any atom is -0.348 e. The molecule has 0 atom stereocenters. The molecule has 2 heterocycles. The Bertz CT molecular complexity index is 742. The summed E-state index contributed by atoms with van der Waals surface area (Å²) >= 11 is 0. The highest BCUT2D eigenvalue weighted by molar-refractivity contribution is 6.04. The van der Waals surface area contributed by atoms with Gasteiger partial charge in [0.15, 0.2) is 5.69 Å². The quantitative estimate of drug-likeness (QED) is 0.905. The van der Waals surface area contributed by atoms with Gasteiger partial charge in [0, 0.05) is 30.4 Å². The van der Waals surface area contributed by atoms with E-state index in [4.69, 9.17) is 0 Å². The molecule has 1 saturated carbocycles. The molecule has 1 saturated heterocycles. The van der Waals surface area contributed by atoms with Crippen LogP contribution in [0.4, 0.5) is 0 Å². The maximum Gasteiger partial charge on any atom is 0.272 e. The van der Waals surface area contributed by atoms with Crippen LogP contribution >= 0.6 is 0 Å². The van der Waals surface area contributed by atoms with E-state index in [0.717, 1.165) is 49.7 Å². The van der Waals surface area contributed by atoms with Crippen LogP contribution in [0.25, 0.3) is 10.9 Å². The number of hydrogen-bond acceptors (Lipinski definition) is 3. The first-order valence-corrected chi connectivity index (χ1v) is 8.25. The number of benzene rings is 1. The molecule has 23 heavy (non-hydrogen) atoms. The average molecular weight is 312 g/mol. The zero-order chi connectivity index (χ0) is 15.8. The van der Waals surface area contributed by atoms with Crippen molar-refractivity contribution in [1.82, 2.24) is 20.4 Å². The number of para-hydroxylation sites is 1. The number of likely N-dealkylation sites (tertiary alicyclic amines) is 1. The van der Waals surface area contributed by atoms with Crippen molar-refractivity contribution in [3.63, 3.8) is 0 Å². The third-order valence-corrected chi connectivity index (χ3v) is 4.75. The number of piperidine rings is 1. The second kappa shape index (κ2) is 5.68. The third-order valence-electron chi connectivity index (χ3n) is 4.75. The number of rotatable bonds is 3. The predicted molar refractivity (Wildman–Crippen MR) is 85.9 cm³/mol. The van der Waals surface area contributed by atoms with Crippen LogP contribution in [0.5, 0.6) is 0 Å². The van der Waals surface area contributed by atoms with Crippen molar-refractivity contribution in [1.29, 1.82) is 0 Å². The van der Waals surface area contributed by atoms with Crippen LogP contribution in [0.15, 0.2) is 24.3 Å². The van der Waals surface area contributed by atoms with Gasteiger partial charge in [-0.1, -0.05) is 18.2 Å². The molecule has 0 spiro atoms. The minimum absolute atomic E-state index is 0.112. The molecular formula is C17H20N4O2. The van der Waals surface area contributed by atoms with E-state index in [1.165, 1.54) is 0 Å². The number of carbonyl (C=O) groups excluding carboxylic acids is 2. The predicted octanol–water partition coefficient (Wildman–Crippen LogP) is 1.69. The van der Waals surface area contributed by atoms with Crippen LogP contribution in [-0.2, 0) is 4.79 Å². The molecule has 0 unspecified atom stereocenters. The van der Waals surface area contributed by atoms with Crippen LogP contribution in [0, 0.1) is 5.92 Å². The maximum atomic E-state index is 12.4. The number of nitrogens with one attached hydrogen (secondary N) is 2. The molecule has 2 aliphatic rings. The van der Waals surface area contributed by atoms with Crippen molar-refractivity contribution < 1.29 is 9.59 Å². The molecule has 120 valence electrons. The van der Waals surface area contributed by atoms with E-state index in [0.29, 0.717) is 11.6 Å². The molecule has 2 fully saturated rings. The van der Waals surface area contributed by atoms with Gasteiger partial charge < -0.3 is 10.2 Å². The van der Waals surface area contributed by atoms with E-state index in [1.807, 2.05) is 29.2 Å². The van der Waals surface area contributed by atoms with Gasteiger partial charge in [-0.3, -0.25) is 14.7 Å². The van der Waals surface area contributed by atoms with Crippen molar-refractivity contribution in [2.75, 3.05) is 13.1 Å². The van der Waals surface area contributed by atoms with E-state index in [1.54, 1.807) is 0 Å². The molecule has 6 heteroatoms. The van der Waals surface area contributed by atoms with E-state index in [9.17, 15) is 9.59 Å². The molecule has 2 amide bonds. The molecule has 2 aromatic rings. The molecule has 1 aliphatic carbocycles. The van der Waals surface area contributed by atoms with Crippen molar-refractivity contribution in [3.8, 4) is 0 Å². The molecule has 0 bridgehead atoms. The molecule has 2 N–H and O–H groups in total. The van der Waals surface area contributed by atoms with Crippen molar-refractivity contribution in [2.24, 2.45) is 5.92 Å². The summed E-state index contributed by atoms with van der Waals surface area (Å²) in [6.45, 7) is 1.48. The Morgan fingerprint density at radius 2 is 1.87 bits per heavy atom. The zero-order valence-electron chi connectivity index (χ0n) is 12.9. The molecule has 1 aromatic carbocycles. The summed E-state index contributed by atoms with van der Waals surface area (Å²) in [5.41, 5.74) is 1.31. The molecule has 0 radical (unpaired) electrons. The summed E-state index contributed by atoms with van der Waals surface area (Å²) in [4.78, 5) is 26.4. The van der Waals surface area contributed by atoms with Gasteiger partial charge in [-0.15, -0.1) is 0 Å². The maximum absolute atomic E-state index is 12.4. The van der Waals surface area contributed by atoms with Crippen molar-refractivity contribution in [2.45, 2.75) is 31.7 Å². The highest BCUT2D eigenvalue weighted by atomic mass is 16.2. The van der Waals surface area contributed by atoms with Crippen molar-refractivity contribution >= 4 is 22.7 Å². The Hall–Kier alpha value is -2.37. The normalized spacial score (nSPS) is 19.0. The summed E-state index contributed by atoms with van der Waals surface area (Å²) in [6.07, 6.45) is 3.71. The summed E-state index contributed by atoms with van der Waals surface area (Å²) in [6, 6.07) is 7.72. The number of hydrogen-bond donors (Lipinski definition) is 2. The Kier molecular flexibility index (Phi) is 3.52. The van der Waals surface area contributed by atoms with Gasteiger partial charge in [-0.2, -0.15) is 5.10 Å². The van der Waals surface area contributed by atoms with Gasteiger partial charge in [-0.05, 0) is 31.7 Å². The Labute approximate surface area is 134 Å². The van der Waals surface area contributed by atoms with E-state index >= 15 is 0 Å². The first-order valence-electron chi connectivity index (χ1n) is 8.25. The molecule has 1 aromatic heterocycles. The van der Waals surface area contributed by atoms with E-state index in [2.05, 4.69) is 15.5 Å². The number of nitrogens with zero attached hydrogens (tertiary/aromatic N) is 2. The topological polar surface area (TPSA) is 78.1 Å². The Morgan fingerprint density at radius 1 is 1.13 bits per heavy atom. The monoisotopic (exact) mass is 312 g/mol. The summed E-state index contributed by atoms with van der Waals surface area (Å²) in [7, 11) is 0. The van der Waals surface area contributed by atoms with Crippen LogP contribution in [0.3, 0.4) is 0 Å². The van der Waals surface area contributed by atoms with Crippen LogP contribution in [-0.4, -0.2) is 46.0 Å². The van der Waals surface area contributed by atoms with Crippen LogP contribution < -0.4 is 5.32 Å². The van der Waals surface area contributed by atoms with Crippen molar-refractivity contribution in [3.05, 3.63) is 30.0 Å². The number of H-pyrrole nitrogens is 1. The number of carbonyl (C=O) groups is 2. The Balaban J connectivity index is 1.37. The average Bonchev–Trinajstić information content (AvgIpc) is 3.34. The lowest BCUT2D eigenvalue weighted by atomic mass is 10.0. The van der Waals surface area contributed by atoms with E-state index in [-0.39, 0.29) is 17.9 Å². The lowest BCUT2D eigenvalue weighted by Gasteiger charge is -2.32. The van der Waals surface area contributed by atoms with Crippen LogP contribution in [0.2, 0.25) is 0 Å². The largest absolute Gasteiger partial charge is 0.348 e. The summed E-state index contributed by atoms with van der Waals surface area (Å²) < 4.78 is 0. The molecule has 6 nitrogen and oxygen atoms in total. The van der Waals surface area contributed by atoms with Gasteiger partial charge in [0.2, 0.25) is 5.91 Å². The fourth-order valence-electron chi connectivity index (χ4n) is 3.22. The SMILES string of the molecule is O=C(NC1CCN(C(=O)C2CC2)CC1)c1n[nH]c2ccccc12. The van der Waals surface area contributed by atoms with Gasteiger partial charge in [-0.25, -0.2) is 0 Å². The second-order valence-electron chi connectivity index (χ2n) is 6.47. The molecule has 4 rings (SSSR count). The lowest BCUT2D eigenvalue weighted by Crippen LogP contribution is -2.47. The molecular weight excluding hydrogens is 292 g/mol. The third kappa shape index (κ3) is 2.81. The molecule has 1 aliphatic heterocycles. The Morgan fingerprint density at radius 3 is 2.61 bits per heavy atom. The number of amides is 2. The number of aromatic nitrogens is 2. The fourth-order valence-corrected chi connectivity index (χ4v) is 3.22. The van der Waals surface area contributed by atoms with Gasteiger partial charge in [0.05, 0.1) is 5.52 Å². The second-order valence-corrected chi connectivity index (χ2v) is 6.47. The highest BCUT2D eigenvalue weighted by Crippen LogP contribution is 2.31. The van der Waals surface area contributed by atoms with Gasteiger partial charge >= 0.3 is 0 Å². The first-order chi connectivity index (χ1) is 11.2. The zero-order valence-corrected chi connectivity index (χ0v) is 12.9. The summed E-state index contributed by atoms with van der Waals surface area (Å²) in [5, 5.41) is 10.9. The standard InChI is InChI=1S/C17H20N4O2/c22-16(15-13-3-1-2-4-14(13)19-20-15)18-12-7-9-21(10-8-12)17(23)11-5-6-11/h1-4,11-12H,5-10H2,(H,18,22)(H,19,20). The smallest absolute Gasteiger partial charge is 0.272 e. The fraction of sp³-hybridized carbons (Fsp3) is 0.471.